The molecule has 2 rings (SSSR count). The van der Waals surface area contributed by atoms with Gasteiger partial charge in [0.05, 0.1) is 11.6 Å². The standard InChI is InChI=1S/C11H11Cl2N5O/c1-2-7(10-14-3-4-15-10)16-11(19)6-5-8(12)17-18-9(6)13/h3-5,7H,2H2,1H3,(H,14,15)(H,16,19). The van der Waals surface area contributed by atoms with E-state index in [2.05, 4.69) is 25.5 Å². The Kier molecular flexibility index (Phi) is 4.34. The molecule has 0 aliphatic rings. The summed E-state index contributed by atoms with van der Waals surface area (Å²) in [5, 5.41) is 10.1. The summed E-state index contributed by atoms with van der Waals surface area (Å²) in [5.41, 5.74) is 0.187. The number of amides is 1. The molecule has 1 amide bonds. The Bertz CT molecular complexity index is 572. The second kappa shape index (κ2) is 5.99. The average molecular weight is 300 g/mol. The number of hydrogen-bond donors (Lipinski definition) is 2. The Hall–Kier alpha value is -1.66. The highest BCUT2D eigenvalue weighted by molar-refractivity contribution is 6.34. The predicted molar refractivity (Wildman–Crippen MR) is 71.1 cm³/mol. The van der Waals surface area contributed by atoms with Gasteiger partial charge in [0.2, 0.25) is 0 Å². The molecule has 0 bridgehead atoms. The fraction of sp³-hybridized carbons (Fsp3) is 0.273. The highest BCUT2D eigenvalue weighted by atomic mass is 35.5. The van der Waals surface area contributed by atoms with Crippen molar-refractivity contribution in [1.29, 1.82) is 0 Å². The van der Waals surface area contributed by atoms with Gasteiger partial charge in [-0.15, -0.1) is 10.2 Å². The molecule has 1 unspecified atom stereocenters. The summed E-state index contributed by atoms with van der Waals surface area (Å²) < 4.78 is 0. The number of halogens is 2. The van der Waals surface area contributed by atoms with Crippen molar-refractivity contribution in [3.05, 3.63) is 40.2 Å². The van der Waals surface area contributed by atoms with Crippen molar-refractivity contribution in [3.63, 3.8) is 0 Å². The molecule has 0 aliphatic heterocycles. The Morgan fingerprint density at radius 1 is 1.47 bits per heavy atom. The second-order valence-electron chi connectivity index (χ2n) is 3.78. The number of rotatable bonds is 4. The normalized spacial score (nSPS) is 12.2. The molecule has 19 heavy (non-hydrogen) atoms. The van der Waals surface area contributed by atoms with Crippen LogP contribution in [-0.4, -0.2) is 26.1 Å². The Labute approximate surface area is 119 Å². The van der Waals surface area contributed by atoms with Gasteiger partial charge in [0, 0.05) is 12.4 Å². The SMILES string of the molecule is CCC(NC(=O)c1cc(Cl)nnc1Cl)c1ncc[nH]1. The van der Waals surface area contributed by atoms with Crippen LogP contribution in [0.3, 0.4) is 0 Å². The summed E-state index contributed by atoms with van der Waals surface area (Å²) in [5.74, 6) is 0.310. The summed E-state index contributed by atoms with van der Waals surface area (Å²) in [6.45, 7) is 1.94. The number of nitrogens with one attached hydrogen (secondary N) is 2. The van der Waals surface area contributed by atoms with Crippen LogP contribution in [-0.2, 0) is 0 Å². The van der Waals surface area contributed by atoms with Crippen molar-refractivity contribution in [2.45, 2.75) is 19.4 Å². The van der Waals surface area contributed by atoms with Gasteiger partial charge in [-0.1, -0.05) is 30.1 Å². The molecular weight excluding hydrogens is 289 g/mol. The van der Waals surface area contributed by atoms with Crippen LogP contribution in [0.4, 0.5) is 0 Å². The lowest BCUT2D eigenvalue weighted by Crippen LogP contribution is -2.29. The maximum Gasteiger partial charge on any atom is 0.255 e. The van der Waals surface area contributed by atoms with Crippen LogP contribution in [0.15, 0.2) is 18.5 Å². The molecule has 100 valence electrons. The molecule has 8 heteroatoms. The molecule has 0 spiro atoms. The fourth-order valence-corrected chi connectivity index (χ4v) is 1.91. The summed E-state index contributed by atoms with van der Waals surface area (Å²) in [7, 11) is 0. The molecule has 0 fully saturated rings. The van der Waals surface area contributed by atoms with Gasteiger partial charge < -0.3 is 10.3 Å². The minimum atomic E-state index is -0.370. The molecule has 2 aromatic heterocycles. The van der Waals surface area contributed by atoms with E-state index in [4.69, 9.17) is 23.2 Å². The molecule has 0 aliphatic carbocycles. The minimum Gasteiger partial charge on any atom is -0.347 e. The Morgan fingerprint density at radius 2 is 2.26 bits per heavy atom. The van der Waals surface area contributed by atoms with E-state index in [1.807, 2.05) is 6.92 Å². The number of aromatic amines is 1. The smallest absolute Gasteiger partial charge is 0.255 e. The predicted octanol–water partition coefficient (Wildman–Crippen LogP) is 2.39. The van der Waals surface area contributed by atoms with Gasteiger partial charge in [-0.05, 0) is 12.5 Å². The van der Waals surface area contributed by atoms with E-state index in [0.717, 1.165) is 0 Å². The van der Waals surface area contributed by atoms with Gasteiger partial charge in [0.15, 0.2) is 10.3 Å². The number of aromatic nitrogens is 4. The average Bonchev–Trinajstić information content (AvgIpc) is 2.92. The first-order chi connectivity index (χ1) is 9.11. The zero-order chi connectivity index (χ0) is 13.8. The van der Waals surface area contributed by atoms with E-state index in [-0.39, 0.29) is 27.8 Å². The molecule has 6 nitrogen and oxygen atoms in total. The highest BCUT2D eigenvalue weighted by Gasteiger charge is 2.19. The fourth-order valence-electron chi connectivity index (χ4n) is 1.58. The van der Waals surface area contributed by atoms with Gasteiger partial charge in [0.25, 0.3) is 5.91 Å². The zero-order valence-electron chi connectivity index (χ0n) is 10.0. The van der Waals surface area contributed by atoms with Gasteiger partial charge in [-0.2, -0.15) is 0 Å². The molecule has 0 radical (unpaired) electrons. The molecular formula is C11H11Cl2N5O. The number of imidazole rings is 1. The molecule has 1 atom stereocenters. The van der Waals surface area contributed by atoms with Crippen LogP contribution >= 0.6 is 23.2 Å². The lowest BCUT2D eigenvalue weighted by molar-refractivity contribution is 0.0933. The first kappa shape index (κ1) is 13.8. The van der Waals surface area contributed by atoms with Crippen LogP contribution in [0.1, 0.15) is 35.6 Å². The maximum absolute atomic E-state index is 12.1. The summed E-state index contributed by atoms with van der Waals surface area (Å²) >= 11 is 11.5. The van der Waals surface area contributed by atoms with Gasteiger partial charge in [-0.3, -0.25) is 4.79 Å². The molecule has 0 saturated heterocycles. The van der Waals surface area contributed by atoms with Crippen LogP contribution in [0.2, 0.25) is 10.3 Å². The van der Waals surface area contributed by atoms with Crippen molar-refractivity contribution < 1.29 is 4.79 Å². The third-order valence-electron chi connectivity index (χ3n) is 2.53. The van der Waals surface area contributed by atoms with E-state index < -0.39 is 0 Å². The van der Waals surface area contributed by atoms with Crippen molar-refractivity contribution in [2.75, 3.05) is 0 Å². The Balaban J connectivity index is 2.18. The van der Waals surface area contributed by atoms with Crippen LogP contribution in [0.25, 0.3) is 0 Å². The van der Waals surface area contributed by atoms with Gasteiger partial charge >= 0.3 is 0 Å². The highest BCUT2D eigenvalue weighted by Crippen LogP contribution is 2.18. The van der Waals surface area contributed by atoms with Crippen molar-refractivity contribution in [1.82, 2.24) is 25.5 Å². The van der Waals surface area contributed by atoms with Crippen molar-refractivity contribution in [3.8, 4) is 0 Å². The molecule has 2 N–H and O–H groups in total. The number of hydrogen-bond acceptors (Lipinski definition) is 4. The lowest BCUT2D eigenvalue weighted by Gasteiger charge is -2.14. The summed E-state index contributed by atoms with van der Waals surface area (Å²) in [4.78, 5) is 19.2. The number of nitrogens with zero attached hydrogens (tertiary/aromatic N) is 3. The number of carbonyl (C=O) groups excluding carboxylic acids is 1. The van der Waals surface area contributed by atoms with Crippen LogP contribution in [0.5, 0.6) is 0 Å². The van der Waals surface area contributed by atoms with Crippen LogP contribution < -0.4 is 5.32 Å². The van der Waals surface area contributed by atoms with E-state index in [1.165, 1.54) is 6.07 Å². The van der Waals surface area contributed by atoms with Crippen molar-refractivity contribution >= 4 is 29.1 Å². The second-order valence-corrected chi connectivity index (χ2v) is 4.53. The lowest BCUT2D eigenvalue weighted by atomic mass is 10.2. The zero-order valence-corrected chi connectivity index (χ0v) is 11.5. The summed E-state index contributed by atoms with van der Waals surface area (Å²) in [6.07, 6.45) is 4.01. The molecule has 2 aromatic rings. The number of H-pyrrole nitrogens is 1. The van der Waals surface area contributed by atoms with Crippen molar-refractivity contribution in [2.24, 2.45) is 0 Å². The monoisotopic (exact) mass is 299 g/mol. The van der Waals surface area contributed by atoms with E-state index >= 15 is 0 Å². The topological polar surface area (TPSA) is 83.6 Å². The third-order valence-corrected chi connectivity index (χ3v) is 2.99. The van der Waals surface area contributed by atoms with E-state index in [9.17, 15) is 4.79 Å². The molecule has 2 heterocycles. The maximum atomic E-state index is 12.1. The minimum absolute atomic E-state index is 0.0104. The van der Waals surface area contributed by atoms with Crippen LogP contribution in [0, 0.1) is 0 Å². The Morgan fingerprint density at radius 3 is 2.89 bits per heavy atom. The summed E-state index contributed by atoms with van der Waals surface area (Å²) in [6, 6.07) is 1.15. The van der Waals surface area contributed by atoms with E-state index in [0.29, 0.717) is 12.2 Å². The third kappa shape index (κ3) is 3.21. The van der Waals surface area contributed by atoms with E-state index in [1.54, 1.807) is 12.4 Å². The van der Waals surface area contributed by atoms with Gasteiger partial charge in [-0.25, -0.2) is 4.98 Å². The number of carbonyl (C=O) groups is 1. The molecule has 0 aromatic carbocycles. The van der Waals surface area contributed by atoms with Gasteiger partial charge in [0.1, 0.15) is 5.82 Å². The first-order valence-electron chi connectivity index (χ1n) is 5.60. The molecule has 0 saturated carbocycles. The largest absolute Gasteiger partial charge is 0.347 e. The quantitative estimate of drug-likeness (QED) is 0.908. The first-order valence-corrected chi connectivity index (χ1v) is 6.36.